The van der Waals surface area contributed by atoms with Gasteiger partial charge in [-0.1, -0.05) is 19.1 Å². The van der Waals surface area contributed by atoms with E-state index < -0.39 is 18.2 Å². The van der Waals surface area contributed by atoms with E-state index in [1.54, 1.807) is 16.9 Å². The summed E-state index contributed by atoms with van der Waals surface area (Å²) in [5.41, 5.74) is -2.25. The van der Waals surface area contributed by atoms with E-state index in [0.29, 0.717) is 28.3 Å². The molecule has 1 aliphatic rings. The molecule has 9 heteroatoms. The summed E-state index contributed by atoms with van der Waals surface area (Å²) in [6.07, 6.45) is -1.43. The predicted molar refractivity (Wildman–Crippen MR) is 103 cm³/mol. The Balaban J connectivity index is 1.66. The summed E-state index contributed by atoms with van der Waals surface area (Å²) in [5.74, 6) is 0.899. The molecule has 4 rings (SSSR count). The van der Waals surface area contributed by atoms with E-state index in [1.807, 2.05) is 0 Å². The lowest BCUT2D eigenvalue weighted by molar-refractivity contribution is -0.267. The van der Waals surface area contributed by atoms with Gasteiger partial charge in [0, 0.05) is 18.4 Å². The van der Waals surface area contributed by atoms with Crippen LogP contribution in [0.4, 0.5) is 24.7 Å². The highest BCUT2D eigenvalue weighted by molar-refractivity contribution is 5.91. The van der Waals surface area contributed by atoms with Gasteiger partial charge in [-0.15, -0.1) is 0 Å². The van der Waals surface area contributed by atoms with E-state index in [2.05, 4.69) is 15.4 Å². The Labute approximate surface area is 164 Å². The molecule has 3 N–H and O–H groups in total. The first-order chi connectivity index (χ1) is 13.7. The molecule has 0 spiro atoms. The number of rotatable bonds is 6. The summed E-state index contributed by atoms with van der Waals surface area (Å²) in [6.45, 7) is 2.00. The maximum Gasteiger partial charge on any atom is 0.421 e. The van der Waals surface area contributed by atoms with Gasteiger partial charge in [-0.2, -0.15) is 18.3 Å². The molecular formula is C20H21F3N4O2. The van der Waals surface area contributed by atoms with Crippen LogP contribution in [0.5, 0.6) is 0 Å². The molecule has 1 fully saturated rings. The fourth-order valence-electron chi connectivity index (χ4n) is 3.44. The van der Waals surface area contributed by atoms with Gasteiger partial charge < -0.3 is 15.4 Å². The summed E-state index contributed by atoms with van der Waals surface area (Å²) in [4.78, 5) is 15.0. The smallest absolute Gasteiger partial charge is 0.376 e. The van der Waals surface area contributed by atoms with E-state index >= 15 is 0 Å². The molecule has 29 heavy (non-hydrogen) atoms. The first kappa shape index (κ1) is 19.5. The number of aliphatic hydroxyl groups is 1. The fourth-order valence-corrected chi connectivity index (χ4v) is 3.44. The van der Waals surface area contributed by atoms with Crippen molar-refractivity contribution in [3.63, 3.8) is 0 Å². The molecule has 6 nitrogen and oxygen atoms in total. The first-order valence-corrected chi connectivity index (χ1v) is 9.48. The number of aromatic nitrogens is 3. The third kappa shape index (κ3) is 3.50. The minimum absolute atomic E-state index is 0.236. The third-order valence-electron chi connectivity index (χ3n) is 5.41. The molecule has 0 radical (unpaired) electrons. The molecule has 0 saturated heterocycles. The Morgan fingerprint density at radius 3 is 2.52 bits per heavy atom. The number of halogens is 3. The van der Waals surface area contributed by atoms with Crippen LogP contribution in [0.2, 0.25) is 0 Å². The second kappa shape index (κ2) is 6.91. The molecular weight excluding hydrogens is 385 g/mol. The van der Waals surface area contributed by atoms with E-state index in [1.165, 1.54) is 31.2 Å². The van der Waals surface area contributed by atoms with E-state index in [4.69, 9.17) is 0 Å². The highest BCUT2D eigenvalue weighted by Crippen LogP contribution is 2.41. The average molecular weight is 406 g/mol. The molecule has 0 bridgehead atoms. The van der Waals surface area contributed by atoms with Crippen LogP contribution in [0.1, 0.15) is 31.7 Å². The van der Waals surface area contributed by atoms with Gasteiger partial charge in [0.25, 0.3) is 5.56 Å². The van der Waals surface area contributed by atoms with Crippen molar-refractivity contribution in [2.45, 2.75) is 44.5 Å². The summed E-state index contributed by atoms with van der Waals surface area (Å²) in [5, 5.41) is 18.0. The molecule has 154 valence electrons. The summed E-state index contributed by atoms with van der Waals surface area (Å²) >= 11 is 0. The summed E-state index contributed by atoms with van der Waals surface area (Å²) in [6, 6.07) is 7.11. The second-order valence-corrected chi connectivity index (χ2v) is 7.46. The fraction of sp³-hybridized carbons (Fsp3) is 0.400. The van der Waals surface area contributed by atoms with Crippen molar-refractivity contribution in [2.24, 2.45) is 5.92 Å². The maximum absolute atomic E-state index is 13.3. The van der Waals surface area contributed by atoms with E-state index in [-0.39, 0.29) is 11.1 Å². The van der Waals surface area contributed by atoms with Crippen LogP contribution in [-0.4, -0.2) is 26.0 Å². The quantitative estimate of drug-likeness (QED) is 0.577. The number of fused-ring (bicyclic) bond motifs is 1. The molecule has 1 saturated carbocycles. The zero-order chi connectivity index (χ0) is 20.8. The van der Waals surface area contributed by atoms with Crippen LogP contribution in [0, 0.1) is 5.92 Å². The monoisotopic (exact) mass is 406 g/mol. The van der Waals surface area contributed by atoms with Crippen LogP contribution in [-0.2, 0) is 12.1 Å². The molecule has 1 aliphatic carbocycles. The van der Waals surface area contributed by atoms with Crippen molar-refractivity contribution in [1.82, 2.24) is 14.8 Å². The van der Waals surface area contributed by atoms with Gasteiger partial charge >= 0.3 is 6.18 Å². The minimum atomic E-state index is -4.78. The van der Waals surface area contributed by atoms with E-state index in [9.17, 15) is 23.1 Å². The first-order valence-electron chi connectivity index (χ1n) is 9.48. The standard InChI is InChI=1S/C20H21F3N4O2/c1-2-19(29,20(21,22)23)13-5-7-14(8-6-13)25-17-16-15(9-10-24-18(16)28)27(26-17)11-12-3-4-12/h5-10,12,29H,2-4,11H2,1H3,(H,24,28)(H,25,26). The lowest BCUT2D eigenvalue weighted by Gasteiger charge is -2.29. The third-order valence-corrected chi connectivity index (χ3v) is 5.41. The Kier molecular flexibility index (Phi) is 4.65. The number of pyridine rings is 1. The van der Waals surface area contributed by atoms with Crippen LogP contribution < -0.4 is 10.9 Å². The van der Waals surface area contributed by atoms with Crippen molar-refractivity contribution in [3.05, 3.63) is 52.4 Å². The zero-order valence-corrected chi connectivity index (χ0v) is 15.8. The topological polar surface area (TPSA) is 82.9 Å². The number of alkyl halides is 3. The average Bonchev–Trinajstić information content (AvgIpc) is 3.43. The van der Waals surface area contributed by atoms with Gasteiger partial charge in [-0.05, 0) is 48.9 Å². The van der Waals surface area contributed by atoms with Crippen molar-refractivity contribution in [1.29, 1.82) is 0 Å². The minimum Gasteiger partial charge on any atom is -0.376 e. The van der Waals surface area contributed by atoms with Gasteiger partial charge in [0.1, 0.15) is 5.39 Å². The summed E-state index contributed by atoms with van der Waals surface area (Å²) in [7, 11) is 0. The van der Waals surface area contributed by atoms with Crippen LogP contribution in [0.15, 0.2) is 41.3 Å². The maximum atomic E-state index is 13.3. The molecule has 1 unspecified atom stereocenters. The second-order valence-electron chi connectivity index (χ2n) is 7.46. The zero-order valence-electron chi connectivity index (χ0n) is 15.8. The van der Waals surface area contributed by atoms with Crippen LogP contribution in [0.3, 0.4) is 0 Å². The van der Waals surface area contributed by atoms with E-state index in [0.717, 1.165) is 19.4 Å². The Hall–Kier alpha value is -2.81. The highest BCUT2D eigenvalue weighted by Gasteiger charge is 2.53. The lowest BCUT2D eigenvalue weighted by Crippen LogP contribution is -2.41. The van der Waals surface area contributed by atoms with Crippen molar-refractivity contribution >= 4 is 22.4 Å². The van der Waals surface area contributed by atoms with Gasteiger partial charge in [0.15, 0.2) is 11.4 Å². The van der Waals surface area contributed by atoms with Crippen LogP contribution >= 0.6 is 0 Å². The molecule has 2 heterocycles. The lowest BCUT2D eigenvalue weighted by atomic mass is 9.90. The Morgan fingerprint density at radius 2 is 1.93 bits per heavy atom. The number of benzene rings is 1. The van der Waals surface area contributed by atoms with Gasteiger partial charge in [-0.3, -0.25) is 9.48 Å². The summed E-state index contributed by atoms with van der Waals surface area (Å²) < 4.78 is 41.5. The number of anilines is 2. The van der Waals surface area contributed by atoms with Crippen molar-refractivity contribution in [3.8, 4) is 0 Å². The van der Waals surface area contributed by atoms with Crippen LogP contribution in [0.25, 0.3) is 10.9 Å². The van der Waals surface area contributed by atoms with Gasteiger partial charge in [0.05, 0.1) is 5.52 Å². The largest absolute Gasteiger partial charge is 0.421 e. The SMILES string of the molecule is CCC(O)(c1ccc(Nc2nn(CC3CC3)c3cc[nH]c(=O)c23)cc1)C(F)(F)F. The highest BCUT2D eigenvalue weighted by atomic mass is 19.4. The normalized spacial score (nSPS) is 16.7. The molecule has 0 amide bonds. The van der Waals surface area contributed by atoms with Gasteiger partial charge in [-0.25, -0.2) is 0 Å². The molecule has 3 aromatic rings. The molecule has 1 atom stereocenters. The van der Waals surface area contributed by atoms with Crippen molar-refractivity contribution < 1.29 is 18.3 Å². The number of H-pyrrole nitrogens is 1. The van der Waals surface area contributed by atoms with Gasteiger partial charge in [0.2, 0.25) is 0 Å². The number of hydrogen-bond acceptors (Lipinski definition) is 4. The number of nitrogens with one attached hydrogen (secondary N) is 2. The Bertz CT molecular complexity index is 1080. The predicted octanol–water partition coefficient (Wildman–Crippen LogP) is 4.04. The number of aromatic amines is 1. The Morgan fingerprint density at radius 1 is 1.24 bits per heavy atom. The molecule has 1 aromatic carbocycles. The van der Waals surface area contributed by atoms with Crippen molar-refractivity contribution in [2.75, 3.05) is 5.32 Å². The number of nitrogens with zero attached hydrogens (tertiary/aromatic N) is 2. The number of hydrogen-bond donors (Lipinski definition) is 3. The molecule has 0 aliphatic heterocycles. The molecule has 2 aromatic heterocycles.